The Balaban J connectivity index is 1.46. The maximum Gasteiger partial charge on any atom is 0.411 e. The molecule has 3 atom stereocenters. The van der Waals surface area contributed by atoms with Gasteiger partial charge in [0, 0.05) is 12.5 Å². The number of alkyl halides is 2. The van der Waals surface area contributed by atoms with Crippen LogP contribution in [0.25, 0.3) is 0 Å². The van der Waals surface area contributed by atoms with Gasteiger partial charge in [-0.1, -0.05) is 60.7 Å². The largest absolute Gasteiger partial charge is 0.459 e. The number of rotatable bonds is 5. The summed E-state index contributed by atoms with van der Waals surface area (Å²) < 4.78 is 39.2. The molecule has 1 aliphatic heterocycles. The molecule has 1 saturated heterocycles. The average molecular weight is 401 g/mol. The van der Waals surface area contributed by atoms with E-state index in [0.717, 1.165) is 16.0 Å². The molecule has 7 heteroatoms. The van der Waals surface area contributed by atoms with Crippen LogP contribution >= 0.6 is 0 Å². The fourth-order valence-electron chi connectivity index (χ4n) is 4.16. The SMILES string of the molecule is O=C(OCc1ccccc1)[C@@H]1[C@@H]2C[C@H](CC2(F)F)N1C(=O)OCc1ccccc1. The Morgan fingerprint density at radius 2 is 1.48 bits per heavy atom. The summed E-state index contributed by atoms with van der Waals surface area (Å²) >= 11 is 0. The molecule has 2 aromatic rings. The summed E-state index contributed by atoms with van der Waals surface area (Å²) in [6, 6.07) is 15.9. The molecule has 0 spiro atoms. The lowest BCUT2D eigenvalue weighted by atomic mass is 9.95. The van der Waals surface area contributed by atoms with Crippen molar-refractivity contribution >= 4 is 12.1 Å². The molecule has 1 amide bonds. The highest BCUT2D eigenvalue weighted by Gasteiger charge is 2.65. The van der Waals surface area contributed by atoms with E-state index in [1.165, 1.54) is 0 Å². The molecule has 2 fully saturated rings. The van der Waals surface area contributed by atoms with E-state index in [9.17, 15) is 18.4 Å². The summed E-state index contributed by atoms with van der Waals surface area (Å²) in [5, 5.41) is 0. The van der Waals surface area contributed by atoms with E-state index in [2.05, 4.69) is 0 Å². The number of ether oxygens (including phenoxy) is 2. The quantitative estimate of drug-likeness (QED) is 0.706. The molecule has 0 N–H and O–H groups in total. The smallest absolute Gasteiger partial charge is 0.411 e. The number of piperidine rings is 1. The maximum atomic E-state index is 14.3. The fraction of sp³-hybridized carbons (Fsp3) is 0.364. The average Bonchev–Trinajstić information content (AvgIpc) is 3.25. The van der Waals surface area contributed by atoms with Crippen molar-refractivity contribution in [3.8, 4) is 0 Å². The molecular weight excluding hydrogens is 380 g/mol. The number of amides is 1. The highest BCUT2D eigenvalue weighted by molar-refractivity contribution is 5.83. The van der Waals surface area contributed by atoms with E-state index >= 15 is 0 Å². The van der Waals surface area contributed by atoms with E-state index < -0.39 is 42.4 Å². The van der Waals surface area contributed by atoms with Gasteiger partial charge in [0.25, 0.3) is 5.92 Å². The molecule has 0 radical (unpaired) electrons. The normalized spacial score (nSPS) is 24.3. The van der Waals surface area contributed by atoms with Gasteiger partial charge in [-0.05, 0) is 17.5 Å². The highest BCUT2D eigenvalue weighted by Crippen LogP contribution is 2.52. The number of nitrogens with zero attached hydrogens (tertiary/aromatic N) is 1. The number of likely N-dealkylation sites (tertiary alicyclic amines) is 1. The molecule has 0 aromatic heterocycles. The molecular formula is C22H21F2NO4. The maximum absolute atomic E-state index is 14.3. The van der Waals surface area contributed by atoms with Crippen molar-refractivity contribution in [2.45, 2.75) is 44.1 Å². The van der Waals surface area contributed by atoms with Crippen LogP contribution in [-0.2, 0) is 27.5 Å². The number of esters is 1. The first-order valence-corrected chi connectivity index (χ1v) is 9.53. The molecule has 5 nitrogen and oxygen atoms in total. The number of carbonyl (C=O) groups excluding carboxylic acids is 2. The first kappa shape index (κ1) is 19.4. The highest BCUT2D eigenvalue weighted by atomic mass is 19.3. The van der Waals surface area contributed by atoms with Crippen LogP contribution in [0, 0.1) is 5.92 Å². The van der Waals surface area contributed by atoms with E-state index in [1.54, 1.807) is 36.4 Å². The lowest BCUT2D eigenvalue weighted by molar-refractivity contribution is -0.162. The number of fused-ring (bicyclic) bond motifs is 2. The summed E-state index contributed by atoms with van der Waals surface area (Å²) in [6.45, 7) is -0.0260. The van der Waals surface area contributed by atoms with Crippen LogP contribution in [-0.4, -0.2) is 35.0 Å². The van der Waals surface area contributed by atoms with Crippen LogP contribution in [0.4, 0.5) is 13.6 Å². The van der Waals surface area contributed by atoms with Crippen LogP contribution in [0.15, 0.2) is 60.7 Å². The Bertz CT molecular complexity index is 875. The van der Waals surface area contributed by atoms with Crippen molar-refractivity contribution in [1.29, 1.82) is 0 Å². The van der Waals surface area contributed by atoms with Crippen LogP contribution in [0.2, 0.25) is 0 Å². The Morgan fingerprint density at radius 1 is 0.931 bits per heavy atom. The molecule has 2 aromatic carbocycles. The zero-order valence-corrected chi connectivity index (χ0v) is 15.7. The lowest BCUT2D eigenvalue weighted by Crippen LogP contribution is -2.55. The molecule has 29 heavy (non-hydrogen) atoms. The minimum atomic E-state index is -3.00. The number of benzene rings is 2. The Kier molecular flexibility index (Phi) is 5.22. The first-order chi connectivity index (χ1) is 14.0. The van der Waals surface area contributed by atoms with E-state index in [1.807, 2.05) is 24.3 Å². The summed E-state index contributed by atoms with van der Waals surface area (Å²) in [5.74, 6) is -5.07. The summed E-state index contributed by atoms with van der Waals surface area (Å²) in [7, 11) is 0. The van der Waals surface area contributed by atoms with Crippen molar-refractivity contribution in [2.24, 2.45) is 5.92 Å². The molecule has 4 rings (SSSR count). The van der Waals surface area contributed by atoms with Crippen LogP contribution in [0.1, 0.15) is 24.0 Å². The molecule has 1 heterocycles. The van der Waals surface area contributed by atoms with Gasteiger partial charge >= 0.3 is 12.1 Å². The number of hydrogen-bond acceptors (Lipinski definition) is 4. The number of hydrogen-bond donors (Lipinski definition) is 0. The Hall–Kier alpha value is -2.96. The second kappa shape index (κ2) is 7.81. The molecule has 1 saturated carbocycles. The van der Waals surface area contributed by atoms with Gasteiger partial charge < -0.3 is 9.47 Å². The van der Waals surface area contributed by atoms with Gasteiger partial charge in [0.15, 0.2) is 0 Å². The zero-order chi connectivity index (χ0) is 20.4. The minimum Gasteiger partial charge on any atom is -0.459 e. The van der Waals surface area contributed by atoms with Gasteiger partial charge in [-0.2, -0.15) is 0 Å². The molecule has 152 valence electrons. The van der Waals surface area contributed by atoms with Crippen molar-refractivity contribution < 1.29 is 27.8 Å². The van der Waals surface area contributed by atoms with Crippen molar-refractivity contribution in [3.05, 3.63) is 71.8 Å². The molecule has 2 bridgehead atoms. The van der Waals surface area contributed by atoms with Crippen molar-refractivity contribution in [1.82, 2.24) is 4.90 Å². The van der Waals surface area contributed by atoms with Gasteiger partial charge in [0.2, 0.25) is 0 Å². The van der Waals surface area contributed by atoms with Crippen LogP contribution < -0.4 is 0 Å². The predicted octanol–water partition coefficient (Wildman–Crippen LogP) is 4.16. The Morgan fingerprint density at radius 3 is 2.07 bits per heavy atom. The van der Waals surface area contributed by atoms with Gasteiger partial charge in [0.05, 0.1) is 5.92 Å². The van der Waals surface area contributed by atoms with Gasteiger partial charge in [-0.25, -0.2) is 18.4 Å². The Labute approximate surface area is 167 Å². The monoisotopic (exact) mass is 401 g/mol. The van der Waals surface area contributed by atoms with E-state index in [4.69, 9.17) is 9.47 Å². The zero-order valence-electron chi connectivity index (χ0n) is 15.7. The second-order valence-corrected chi connectivity index (χ2v) is 7.45. The first-order valence-electron chi connectivity index (χ1n) is 9.53. The van der Waals surface area contributed by atoms with E-state index in [0.29, 0.717) is 0 Å². The third-order valence-electron chi connectivity index (χ3n) is 5.53. The molecule has 1 aliphatic carbocycles. The van der Waals surface area contributed by atoms with Gasteiger partial charge in [0.1, 0.15) is 19.3 Å². The molecule has 0 unspecified atom stereocenters. The number of carbonyl (C=O) groups is 2. The van der Waals surface area contributed by atoms with Crippen molar-refractivity contribution in [2.75, 3.05) is 0 Å². The number of halogens is 2. The topological polar surface area (TPSA) is 55.8 Å². The predicted molar refractivity (Wildman–Crippen MR) is 100.0 cm³/mol. The summed E-state index contributed by atoms with van der Waals surface area (Å²) in [4.78, 5) is 26.5. The lowest BCUT2D eigenvalue weighted by Gasteiger charge is -2.36. The van der Waals surface area contributed by atoms with Gasteiger partial charge in [-0.3, -0.25) is 4.90 Å². The standard InChI is InChI=1S/C22H21F2NO4/c23-22(24)12-17-11-18(22)19(20(26)28-13-15-7-3-1-4-8-15)25(17)21(27)29-14-16-9-5-2-6-10-16/h1-10,17-19H,11-14H2/t17-,18+,19+/m1/s1. The fourth-order valence-corrected chi connectivity index (χ4v) is 4.16. The minimum absolute atomic E-state index is 0.00966. The summed E-state index contributed by atoms with van der Waals surface area (Å²) in [6.07, 6.45) is -1.16. The van der Waals surface area contributed by atoms with Crippen molar-refractivity contribution in [3.63, 3.8) is 0 Å². The third kappa shape index (κ3) is 3.95. The summed E-state index contributed by atoms with van der Waals surface area (Å²) in [5.41, 5.74) is 1.52. The van der Waals surface area contributed by atoms with Gasteiger partial charge in [-0.15, -0.1) is 0 Å². The third-order valence-corrected chi connectivity index (χ3v) is 5.53. The second-order valence-electron chi connectivity index (χ2n) is 7.45. The van der Waals surface area contributed by atoms with Crippen LogP contribution in [0.5, 0.6) is 0 Å². The van der Waals surface area contributed by atoms with Crippen LogP contribution in [0.3, 0.4) is 0 Å². The van der Waals surface area contributed by atoms with E-state index in [-0.39, 0.29) is 19.6 Å². The molecule has 2 aliphatic rings.